The van der Waals surface area contributed by atoms with Crippen LogP contribution in [0.5, 0.6) is 23.0 Å². The number of fused-ring (bicyclic) bond motifs is 4. The quantitative estimate of drug-likeness (QED) is 0.0333. The van der Waals surface area contributed by atoms with Crippen LogP contribution in [0, 0.1) is 25.2 Å². The number of hydrogen-bond donors (Lipinski definition) is 3. The number of nitrogens with one attached hydrogen (secondary N) is 1. The lowest BCUT2D eigenvalue weighted by Crippen LogP contribution is -2.50. The van der Waals surface area contributed by atoms with E-state index in [1.54, 1.807) is 28.5 Å². The maximum absolute atomic E-state index is 12.6. The Bertz CT molecular complexity index is 7130. The summed E-state index contributed by atoms with van der Waals surface area (Å²) in [6, 6.07) is 66.4. The number of rotatable bonds is 7. The average Bonchev–Trinajstić information content (AvgIpc) is 1.22. The molecule has 4 fully saturated rings. The number of likely N-dealkylation sites (tertiary alicyclic amines) is 3. The number of aromatic nitrogens is 4. The number of benzene rings is 8. The van der Waals surface area contributed by atoms with Gasteiger partial charge in [0.05, 0.1) is 11.6 Å². The molecular formula is C117H109N11O13. The van der Waals surface area contributed by atoms with Crippen LogP contribution < -0.4 is 30.0 Å². The van der Waals surface area contributed by atoms with Gasteiger partial charge in [0.25, 0.3) is 0 Å². The number of amidine groups is 1. The Balaban J connectivity index is 0.000000142. The highest BCUT2D eigenvalue weighted by molar-refractivity contribution is 5.98. The SMILES string of the molecule is C=C=C=C=C=C=C=C=C=C=C=C=C=C=C=C=C=C.CC(C)(C)OC(=O)N1CCC2(C=C(c3ccc(/C(N)=N/O)cc3)c3ccccc3O2)CC1.CC(C)(C)OC(=O)N1CCC2(C=C(c3ccc(C#N)cc3)c3ccccc3O2)CC1.Cc1nc(-c2ccc(C3=CC4(CCN(C(=O)OC(C)(C)C)CC4)Oc4ccccc43)cc2)no1.Cc1nc(-c2ccc(C3=CC4(CCNCC4)Oc4ccccc43)cc2)no1. The fraction of sp³-hybridized carbons (Fsp3) is 0.291. The first-order valence-electron chi connectivity index (χ1n) is 46.5. The molecule has 4 spiro atoms. The number of piperidine rings is 4. The molecule has 10 aromatic rings. The number of para-hydroxylation sites is 4. The number of amides is 3. The number of carbonyl (C=O) groups is 3. The first kappa shape index (κ1) is 99.9. The summed E-state index contributed by atoms with van der Waals surface area (Å²) in [6.07, 6.45) is 14.2. The topological polar surface area (TPSA) is 298 Å². The molecule has 8 aliphatic rings. The van der Waals surface area contributed by atoms with E-state index in [4.69, 9.17) is 58.4 Å². The lowest BCUT2D eigenvalue weighted by Gasteiger charge is -2.43. The zero-order valence-electron chi connectivity index (χ0n) is 81.0. The molecule has 0 atom stereocenters. The van der Waals surface area contributed by atoms with Gasteiger partial charge in [-0.05, 0) is 274 Å². The highest BCUT2D eigenvalue weighted by atomic mass is 16.6. The molecule has 18 rings (SSSR count). The Morgan fingerprint density at radius 2 is 0.645 bits per heavy atom. The highest BCUT2D eigenvalue weighted by Gasteiger charge is 2.45. The van der Waals surface area contributed by atoms with Gasteiger partial charge in [0.15, 0.2) is 5.84 Å². The van der Waals surface area contributed by atoms with E-state index in [0.29, 0.717) is 112 Å². The molecule has 10 heterocycles. The van der Waals surface area contributed by atoms with E-state index >= 15 is 0 Å². The van der Waals surface area contributed by atoms with Crippen LogP contribution in [-0.4, -0.2) is 156 Å². The van der Waals surface area contributed by atoms with Crippen molar-refractivity contribution in [3.8, 4) is 51.8 Å². The van der Waals surface area contributed by atoms with Crippen molar-refractivity contribution in [1.29, 1.82) is 5.26 Å². The normalized spacial score (nSPS) is 15.8. The zero-order chi connectivity index (χ0) is 99.8. The van der Waals surface area contributed by atoms with Gasteiger partial charge in [-0.1, -0.05) is 185 Å². The van der Waals surface area contributed by atoms with Crippen LogP contribution >= 0.6 is 0 Å². The molecule has 4 saturated heterocycles. The Morgan fingerprint density at radius 3 is 0.901 bits per heavy atom. The third kappa shape index (κ3) is 26.4. The molecule has 0 aliphatic carbocycles. The molecular weight excluding hydrogens is 1770 g/mol. The second-order valence-corrected chi connectivity index (χ2v) is 37.3. The first-order chi connectivity index (χ1) is 67.8. The second kappa shape index (κ2) is 44.8. The minimum atomic E-state index is -0.518. The summed E-state index contributed by atoms with van der Waals surface area (Å²) in [5.41, 5.74) is 58.2. The van der Waals surface area contributed by atoms with Crippen molar-refractivity contribution >= 4 is 46.4 Å². The summed E-state index contributed by atoms with van der Waals surface area (Å²) in [5, 5.41) is 32.5. The van der Waals surface area contributed by atoms with E-state index in [9.17, 15) is 14.4 Å². The number of hydrogen-bond acceptors (Lipinski definition) is 20. The zero-order valence-corrected chi connectivity index (χ0v) is 81.0. The average molecular weight is 1880 g/mol. The van der Waals surface area contributed by atoms with Crippen molar-refractivity contribution in [3.63, 3.8) is 0 Å². The second-order valence-electron chi connectivity index (χ2n) is 37.3. The molecule has 141 heavy (non-hydrogen) atoms. The molecule has 0 bridgehead atoms. The smallest absolute Gasteiger partial charge is 0.410 e. The van der Waals surface area contributed by atoms with Crippen molar-refractivity contribution in [2.45, 2.75) is 167 Å². The molecule has 8 aliphatic heterocycles. The van der Waals surface area contributed by atoms with E-state index in [0.717, 1.165) is 116 Å². The summed E-state index contributed by atoms with van der Waals surface area (Å²) < 4.78 is 52.8. The van der Waals surface area contributed by atoms with Crippen LogP contribution in [0.15, 0.2) is 337 Å². The third-order valence-electron chi connectivity index (χ3n) is 23.7. The van der Waals surface area contributed by atoms with Crippen LogP contribution in [0.1, 0.15) is 181 Å². The molecule has 2 aromatic heterocycles. The van der Waals surface area contributed by atoms with Crippen LogP contribution in [0.4, 0.5) is 14.4 Å². The van der Waals surface area contributed by atoms with E-state index in [-0.39, 0.29) is 29.7 Å². The number of nitrogens with zero attached hydrogens (tertiary/aromatic N) is 9. The minimum absolute atomic E-state index is 0.0730. The number of oxime groups is 1. The Kier molecular flexibility index (Phi) is 31.8. The van der Waals surface area contributed by atoms with E-state index in [2.05, 4.69) is 221 Å². The standard InChI is InChI=1S/C27H29N3O4.C25H29N3O4.C25H26N2O3.C22H21N3O2.C18H4/c1-18-28-24(29-34-18)20-11-9-19(10-12-20)22-17-27(32-23-8-6-5-7-21(22)23)13-15-30(16-14-27)25(31)33-26(2,3)4;1-24(2,3)32-23(29)28-14-12-25(13-15-28)16-20(19-6-4-5-7-21(19)31-25)17-8-10-18(11-9-17)22(26)27-30;1-24(2,3)30-23(28)27-14-12-25(13-15-27)16-21(19-10-8-18(17-26)9-11-19)20-6-4-5-7-22(20)29-25;1-15-24-21(25-27-15)17-8-6-16(7-9-17)19-14-22(10-12-23-13-11-22)26-20-5-3-2-4-18(19)20;1-3-5-7-9-11-13-15-17-18-16-14-12-10-8-6-4-2/h5-12,17H,13-16H2,1-4H3;4-11,16,30H,12-15H2,1-3H3,(H2,26,27);4-11,16H,12-15H2,1-3H3;2-9,14,23H,10-13H2,1H3;1-2H2. The van der Waals surface area contributed by atoms with Crippen LogP contribution in [0.25, 0.3) is 45.1 Å². The predicted octanol–water partition coefficient (Wildman–Crippen LogP) is 22.4. The lowest BCUT2D eigenvalue weighted by molar-refractivity contribution is -0.00233. The summed E-state index contributed by atoms with van der Waals surface area (Å²) in [6.45, 7) is 32.5. The molecule has 8 aromatic carbocycles. The molecule has 710 valence electrons. The van der Waals surface area contributed by atoms with Gasteiger partial charge in [-0.3, -0.25) is 0 Å². The molecule has 3 amide bonds. The van der Waals surface area contributed by atoms with Gasteiger partial charge in [-0.15, -0.1) is 0 Å². The van der Waals surface area contributed by atoms with Crippen molar-refractivity contribution in [1.82, 2.24) is 40.3 Å². The van der Waals surface area contributed by atoms with Crippen molar-refractivity contribution < 1.29 is 61.8 Å². The van der Waals surface area contributed by atoms with E-state index < -0.39 is 33.6 Å². The molecule has 24 heteroatoms. The highest BCUT2D eigenvalue weighted by Crippen LogP contribution is 2.49. The summed E-state index contributed by atoms with van der Waals surface area (Å²) in [4.78, 5) is 51.4. The minimum Gasteiger partial charge on any atom is -0.482 e. The molecule has 24 nitrogen and oxygen atoms in total. The molecule has 0 saturated carbocycles. The van der Waals surface area contributed by atoms with Gasteiger partial charge in [0.2, 0.25) is 23.4 Å². The van der Waals surface area contributed by atoms with Gasteiger partial charge in [-0.2, -0.15) is 15.2 Å². The number of ether oxygens (including phenoxy) is 7. The van der Waals surface area contributed by atoms with Crippen molar-refractivity contribution in [2.75, 3.05) is 52.4 Å². The Morgan fingerprint density at radius 1 is 0.390 bits per heavy atom. The monoisotopic (exact) mass is 1880 g/mol. The van der Waals surface area contributed by atoms with Crippen LogP contribution in [0.3, 0.4) is 0 Å². The number of carbonyl (C=O) groups excluding carboxylic acids is 3. The molecule has 0 unspecified atom stereocenters. The van der Waals surface area contributed by atoms with Crippen molar-refractivity contribution in [2.24, 2.45) is 10.9 Å². The maximum atomic E-state index is 12.6. The lowest BCUT2D eigenvalue weighted by atomic mass is 9.83. The number of nitrogens with two attached hydrogens (primary N) is 1. The van der Waals surface area contributed by atoms with Crippen molar-refractivity contribution in [3.05, 3.63) is 391 Å². The molecule has 4 N–H and O–H groups in total. The first-order valence-corrected chi connectivity index (χ1v) is 46.5. The number of nitriles is 1. The summed E-state index contributed by atoms with van der Waals surface area (Å²) >= 11 is 0. The Hall–Kier alpha value is -17.1. The van der Waals surface area contributed by atoms with E-state index in [1.807, 2.05) is 202 Å². The predicted molar refractivity (Wildman–Crippen MR) is 537 cm³/mol. The summed E-state index contributed by atoms with van der Waals surface area (Å²) in [7, 11) is 0. The summed E-state index contributed by atoms with van der Waals surface area (Å²) in [5.74, 6) is 5.90. The van der Waals surface area contributed by atoms with Crippen LogP contribution in [0.2, 0.25) is 0 Å². The Labute approximate surface area is 821 Å². The van der Waals surface area contributed by atoms with Gasteiger partial charge in [-0.25, -0.2) is 14.4 Å². The largest absolute Gasteiger partial charge is 0.482 e. The van der Waals surface area contributed by atoms with Gasteiger partial charge in [0.1, 0.15) is 62.2 Å². The van der Waals surface area contributed by atoms with E-state index in [1.165, 1.54) is 11.1 Å². The maximum Gasteiger partial charge on any atom is 0.410 e. The fourth-order valence-electron chi connectivity index (χ4n) is 16.9. The van der Waals surface area contributed by atoms with Crippen LogP contribution in [-0.2, 0) is 14.2 Å². The van der Waals surface area contributed by atoms with Gasteiger partial charge >= 0.3 is 18.3 Å². The number of aryl methyl sites for hydroxylation is 2. The fourth-order valence-corrected chi connectivity index (χ4v) is 16.9. The third-order valence-corrected chi connectivity index (χ3v) is 23.7. The van der Waals surface area contributed by atoms with Gasteiger partial charge < -0.3 is 73.2 Å². The molecule has 0 radical (unpaired) electrons. The van der Waals surface area contributed by atoms with Gasteiger partial charge in [0, 0.05) is 143 Å².